The molecule has 114 valence electrons. The van der Waals surface area contributed by atoms with E-state index in [2.05, 4.69) is 83.0 Å². The van der Waals surface area contributed by atoms with Crippen LogP contribution in [-0.2, 0) is 6.42 Å². The Balaban J connectivity index is 2.30. The van der Waals surface area contributed by atoms with Crippen LogP contribution in [-0.4, -0.2) is 16.3 Å². The van der Waals surface area contributed by atoms with Crippen molar-refractivity contribution in [2.24, 2.45) is 0 Å². The largest absolute Gasteiger partial charge is 0.309 e. The van der Waals surface area contributed by atoms with Crippen molar-refractivity contribution in [1.82, 2.24) is 15.1 Å². The third kappa shape index (κ3) is 3.95. The number of aryl methyl sites for hydroxylation is 1. The van der Waals surface area contributed by atoms with Crippen molar-refractivity contribution < 1.29 is 0 Å². The fraction of sp³-hybridized carbons (Fsp3) is 0.471. The topological polar surface area (TPSA) is 29.9 Å². The smallest absolute Gasteiger partial charge is 0.0702 e. The summed E-state index contributed by atoms with van der Waals surface area (Å²) in [6.45, 7) is 9.53. The van der Waals surface area contributed by atoms with E-state index in [1.165, 1.54) is 16.8 Å². The minimum atomic E-state index is 0.261. The lowest BCUT2D eigenvalue weighted by molar-refractivity contribution is 0.446. The number of nitrogens with zero attached hydrogens (tertiary/aromatic N) is 2. The van der Waals surface area contributed by atoms with E-state index in [0.29, 0.717) is 6.04 Å². The van der Waals surface area contributed by atoms with Gasteiger partial charge >= 0.3 is 0 Å². The zero-order valence-electron chi connectivity index (χ0n) is 13.2. The van der Waals surface area contributed by atoms with Crippen LogP contribution in [0.3, 0.4) is 0 Å². The molecule has 1 N–H and O–H groups in total. The Morgan fingerprint density at radius 1 is 1.24 bits per heavy atom. The Bertz CT molecular complexity index is 572. The van der Waals surface area contributed by atoms with Gasteiger partial charge in [0.25, 0.3) is 0 Å². The molecule has 0 spiro atoms. The molecule has 1 aromatic carbocycles. The molecule has 1 heterocycles. The molecule has 21 heavy (non-hydrogen) atoms. The van der Waals surface area contributed by atoms with Gasteiger partial charge in [0.2, 0.25) is 0 Å². The molecule has 2 aromatic rings. The summed E-state index contributed by atoms with van der Waals surface area (Å²) in [6, 6.07) is 9.38. The number of nitrogens with one attached hydrogen (secondary N) is 1. The van der Waals surface area contributed by atoms with E-state index in [1.54, 1.807) is 0 Å². The van der Waals surface area contributed by atoms with Crippen molar-refractivity contribution in [2.45, 2.75) is 46.2 Å². The predicted octanol–water partition coefficient (Wildman–Crippen LogP) is 4.43. The van der Waals surface area contributed by atoms with E-state index in [1.807, 2.05) is 6.20 Å². The molecule has 1 aromatic heterocycles. The van der Waals surface area contributed by atoms with Crippen LogP contribution in [0.4, 0.5) is 0 Å². The van der Waals surface area contributed by atoms with Crippen molar-refractivity contribution in [1.29, 1.82) is 0 Å². The minimum absolute atomic E-state index is 0.261. The average Bonchev–Trinajstić information content (AvgIpc) is 2.83. The highest BCUT2D eigenvalue weighted by atomic mass is 79.9. The molecule has 0 saturated carbocycles. The highest BCUT2D eigenvalue weighted by Crippen LogP contribution is 2.28. The SMILES string of the molecule is CCNC(Cc1ccc(C)cc1)c1c(Br)cnn1C(C)C. The Morgan fingerprint density at radius 2 is 1.90 bits per heavy atom. The summed E-state index contributed by atoms with van der Waals surface area (Å²) in [5, 5.41) is 8.10. The summed E-state index contributed by atoms with van der Waals surface area (Å²) in [7, 11) is 0. The second kappa shape index (κ2) is 7.23. The molecule has 0 bridgehead atoms. The lowest BCUT2D eigenvalue weighted by Gasteiger charge is -2.22. The molecule has 0 radical (unpaired) electrons. The summed E-state index contributed by atoms with van der Waals surface area (Å²) in [5.41, 5.74) is 3.87. The molecule has 0 aliphatic carbocycles. The Labute approximate surface area is 135 Å². The first-order valence-corrected chi connectivity index (χ1v) is 8.34. The maximum Gasteiger partial charge on any atom is 0.0702 e. The Kier molecular flexibility index (Phi) is 5.59. The fourth-order valence-corrected chi connectivity index (χ4v) is 3.11. The van der Waals surface area contributed by atoms with Crippen LogP contribution in [0.25, 0.3) is 0 Å². The van der Waals surface area contributed by atoms with Crippen LogP contribution in [0.15, 0.2) is 34.9 Å². The molecule has 1 atom stereocenters. The molecule has 0 amide bonds. The number of benzene rings is 1. The average molecular weight is 350 g/mol. The molecule has 0 saturated heterocycles. The van der Waals surface area contributed by atoms with Crippen LogP contribution in [0.1, 0.15) is 49.7 Å². The van der Waals surface area contributed by atoms with E-state index in [0.717, 1.165) is 17.4 Å². The van der Waals surface area contributed by atoms with Gasteiger partial charge in [-0.15, -0.1) is 0 Å². The highest BCUT2D eigenvalue weighted by molar-refractivity contribution is 9.10. The van der Waals surface area contributed by atoms with Gasteiger partial charge in [0, 0.05) is 6.04 Å². The summed E-state index contributed by atoms with van der Waals surface area (Å²) < 4.78 is 3.18. The van der Waals surface area contributed by atoms with E-state index in [-0.39, 0.29) is 6.04 Å². The van der Waals surface area contributed by atoms with Gasteiger partial charge in [-0.2, -0.15) is 5.10 Å². The second-order valence-corrected chi connectivity index (χ2v) is 6.57. The normalized spacial score (nSPS) is 12.9. The van der Waals surface area contributed by atoms with Crippen molar-refractivity contribution in [3.63, 3.8) is 0 Å². The van der Waals surface area contributed by atoms with Gasteiger partial charge in [0.1, 0.15) is 0 Å². The van der Waals surface area contributed by atoms with Crippen LogP contribution in [0, 0.1) is 6.92 Å². The molecule has 1 unspecified atom stereocenters. The summed E-state index contributed by atoms with van der Waals surface area (Å²) in [4.78, 5) is 0. The molecular formula is C17H24BrN3. The highest BCUT2D eigenvalue weighted by Gasteiger charge is 2.21. The lowest BCUT2D eigenvalue weighted by atomic mass is 10.0. The third-order valence-electron chi connectivity index (χ3n) is 3.62. The zero-order chi connectivity index (χ0) is 15.4. The quantitative estimate of drug-likeness (QED) is 0.835. The van der Waals surface area contributed by atoms with Crippen molar-refractivity contribution in [2.75, 3.05) is 6.54 Å². The summed E-state index contributed by atoms with van der Waals surface area (Å²) in [6.07, 6.45) is 2.86. The van der Waals surface area contributed by atoms with E-state index in [4.69, 9.17) is 0 Å². The van der Waals surface area contributed by atoms with Gasteiger partial charge in [0.15, 0.2) is 0 Å². The second-order valence-electron chi connectivity index (χ2n) is 5.72. The molecule has 4 heteroatoms. The van der Waals surface area contributed by atoms with E-state index >= 15 is 0 Å². The Hall–Kier alpha value is -1.13. The molecule has 0 aliphatic heterocycles. The first-order valence-electron chi connectivity index (χ1n) is 7.54. The third-order valence-corrected chi connectivity index (χ3v) is 4.23. The maximum absolute atomic E-state index is 4.50. The number of rotatable bonds is 6. The van der Waals surface area contributed by atoms with Crippen molar-refractivity contribution >= 4 is 15.9 Å². The number of hydrogen-bond acceptors (Lipinski definition) is 2. The standard InChI is InChI=1S/C17H24BrN3/c1-5-19-16(10-14-8-6-13(4)7-9-14)17-15(18)11-20-21(17)12(2)3/h6-9,11-12,16,19H,5,10H2,1-4H3. The lowest BCUT2D eigenvalue weighted by Crippen LogP contribution is -2.26. The first-order chi connectivity index (χ1) is 10.0. The molecular weight excluding hydrogens is 326 g/mol. The number of aromatic nitrogens is 2. The van der Waals surface area contributed by atoms with Crippen LogP contribution >= 0.6 is 15.9 Å². The number of likely N-dealkylation sites (N-methyl/N-ethyl adjacent to an activating group) is 1. The minimum Gasteiger partial charge on any atom is -0.309 e. The van der Waals surface area contributed by atoms with Gasteiger partial charge in [-0.3, -0.25) is 4.68 Å². The monoisotopic (exact) mass is 349 g/mol. The Morgan fingerprint density at radius 3 is 2.48 bits per heavy atom. The molecule has 0 fully saturated rings. The van der Waals surface area contributed by atoms with Gasteiger partial charge in [-0.25, -0.2) is 0 Å². The van der Waals surface area contributed by atoms with E-state index < -0.39 is 0 Å². The number of hydrogen-bond donors (Lipinski definition) is 1. The van der Waals surface area contributed by atoms with Gasteiger partial charge in [-0.1, -0.05) is 36.8 Å². The number of halogens is 1. The predicted molar refractivity (Wildman–Crippen MR) is 91.6 cm³/mol. The fourth-order valence-electron chi connectivity index (χ4n) is 2.56. The molecule has 0 aliphatic rings. The maximum atomic E-state index is 4.50. The molecule has 2 rings (SSSR count). The summed E-state index contributed by atoms with van der Waals surface area (Å²) >= 11 is 3.66. The first kappa shape index (κ1) is 16.2. The van der Waals surface area contributed by atoms with Crippen molar-refractivity contribution in [3.05, 3.63) is 51.8 Å². The molecule has 3 nitrogen and oxygen atoms in total. The van der Waals surface area contributed by atoms with Gasteiger partial charge in [0.05, 0.1) is 22.4 Å². The van der Waals surface area contributed by atoms with Crippen molar-refractivity contribution in [3.8, 4) is 0 Å². The van der Waals surface area contributed by atoms with E-state index in [9.17, 15) is 0 Å². The van der Waals surface area contributed by atoms with Crippen LogP contribution in [0.2, 0.25) is 0 Å². The van der Waals surface area contributed by atoms with Crippen LogP contribution < -0.4 is 5.32 Å². The van der Waals surface area contributed by atoms with Gasteiger partial charge in [-0.05, 0) is 55.2 Å². The van der Waals surface area contributed by atoms with Crippen LogP contribution in [0.5, 0.6) is 0 Å². The zero-order valence-corrected chi connectivity index (χ0v) is 14.8. The van der Waals surface area contributed by atoms with Gasteiger partial charge < -0.3 is 5.32 Å². The summed E-state index contributed by atoms with van der Waals surface area (Å²) in [5.74, 6) is 0.